The minimum Gasteiger partial charge on any atom is -0.504 e. The molecule has 1 aliphatic rings. The van der Waals surface area contributed by atoms with Crippen molar-refractivity contribution in [2.75, 3.05) is 12.8 Å². The first kappa shape index (κ1) is 13.4. The Kier molecular flexibility index (Phi) is 3.41. The average Bonchev–Trinajstić information content (AvgIpc) is 3.27. The summed E-state index contributed by atoms with van der Waals surface area (Å²) in [6.45, 7) is 0. The van der Waals surface area contributed by atoms with Crippen molar-refractivity contribution in [2.24, 2.45) is 0 Å². The van der Waals surface area contributed by atoms with Crippen LogP contribution in [0, 0.1) is 3.57 Å². The van der Waals surface area contributed by atoms with E-state index in [0.29, 0.717) is 23.3 Å². The third-order valence-electron chi connectivity index (χ3n) is 3.30. The van der Waals surface area contributed by atoms with Crippen LogP contribution in [-0.4, -0.2) is 22.2 Å². The molecule has 5 nitrogen and oxygen atoms in total. The van der Waals surface area contributed by atoms with Gasteiger partial charge in [0, 0.05) is 11.5 Å². The number of hydrogen-bond donors (Lipinski definition) is 2. The summed E-state index contributed by atoms with van der Waals surface area (Å²) >= 11 is 2.20. The quantitative estimate of drug-likeness (QED) is 0.797. The summed E-state index contributed by atoms with van der Waals surface area (Å²) < 4.78 is 6.06. The first-order valence-corrected chi connectivity index (χ1v) is 7.38. The van der Waals surface area contributed by atoms with Crippen LogP contribution in [0.15, 0.2) is 18.2 Å². The van der Waals surface area contributed by atoms with Gasteiger partial charge in [0.25, 0.3) is 0 Å². The normalized spacial score (nSPS) is 14.3. The van der Waals surface area contributed by atoms with Gasteiger partial charge in [-0.25, -0.2) is 9.97 Å². The Hall–Kier alpha value is -1.57. The molecule has 1 aromatic heterocycles. The molecule has 0 radical (unpaired) electrons. The van der Waals surface area contributed by atoms with Gasteiger partial charge in [-0.2, -0.15) is 0 Å². The molecule has 1 saturated carbocycles. The van der Waals surface area contributed by atoms with Gasteiger partial charge >= 0.3 is 0 Å². The van der Waals surface area contributed by atoms with E-state index >= 15 is 0 Å². The number of rotatable bonds is 3. The number of halogens is 1. The third-order valence-corrected chi connectivity index (χ3v) is 4.41. The molecule has 1 aromatic carbocycles. The van der Waals surface area contributed by atoms with Gasteiger partial charge in [-0.3, -0.25) is 0 Å². The minimum absolute atomic E-state index is 0.0946. The summed E-state index contributed by atoms with van der Waals surface area (Å²) in [5.74, 6) is 2.07. The number of phenols is 1. The summed E-state index contributed by atoms with van der Waals surface area (Å²) in [5, 5.41) is 9.64. The van der Waals surface area contributed by atoms with Crippen molar-refractivity contribution < 1.29 is 9.84 Å². The van der Waals surface area contributed by atoms with Gasteiger partial charge in [0.05, 0.1) is 16.4 Å². The summed E-state index contributed by atoms with van der Waals surface area (Å²) in [7, 11) is 1.51. The second-order valence-electron chi connectivity index (χ2n) is 4.79. The van der Waals surface area contributed by atoms with Gasteiger partial charge < -0.3 is 15.6 Å². The number of nitrogen functional groups attached to an aromatic ring is 1. The number of benzene rings is 1. The molecule has 104 valence electrons. The van der Waals surface area contributed by atoms with Crippen LogP contribution in [0.3, 0.4) is 0 Å². The van der Waals surface area contributed by atoms with Crippen molar-refractivity contribution in [3.8, 4) is 22.9 Å². The largest absolute Gasteiger partial charge is 0.504 e. The first-order valence-electron chi connectivity index (χ1n) is 6.30. The van der Waals surface area contributed by atoms with E-state index in [9.17, 15) is 5.11 Å². The second-order valence-corrected chi connectivity index (χ2v) is 5.87. The summed E-state index contributed by atoms with van der Waals surface area (Å²) in [5.41, 5.74) is 7.80. The molecule has 0 amide bonds. The summed E-state index contributed by atoms with van der Waals surface area (Å²) in [6.07, 6.45) is 2.32. The fourth-order valence-corrected chi connectivity index (χ4v) is 2.74. The van der Waals surface area contributed by atoms with E-state index in [0.717, 1.165) is 27.7 Å². The van der Waals surface area contributed by atoms with E-state index in [2.05, 4.69) is 32.6 Å². The maximum atomic E-state index is 9.64. The van der Waals surface area contributed by atoms with Crippen molar-refractivity contribution in [2.45, 2.75) is 18.8 Å². The van der Waals surface area contributed by atoms with Crippen LogP contribution in [-0.2, 0) is 0 Å². The van der Waals surface area contributed by atoms with Crippen LogP contribution in [0.2, 0.25) is 0 Å². The van der Waals surface area contributed by atoms with E-state index in [4.69, 9.17) is 10.5 Å². The lowest BCUT2D eigenvalue weighted by Crippen LogP contribution is -2.04. The van der Waals surface area contributed by atoms with Crippen molar-refractivity contribution in [3.05, 3.63) is 27.5 Å². The number of aromatic hydroxyl groups is 1. The van der Waals surface area contributed by atoms with E-state index in [1.165, 1.54) is 7.11 Å². The fourth-order valence-electron chi connectivity index (χ4n) is 2.06. The Morgan fingerprint density at radius 2 is 2.10 bits per heavy atom. The fraction of sp³-hybridized carbons (Fsp3) is 0.286. The number of hydrogen-bond acceptors (Lipinski definition) is 5. The summed E-state index contributed by atoms with van der Waals surface area (Å²) in [4.78, 5) is 8.98. The van der Waals surface area contributed by atoms with Crippen molar-refractivity contribution in [3.63, 3.8) is 0 Å². The van der Waals surface area contributed by atoms with Gasteiger partial charge in [0.15, 0.2) is 17.3 Å². The number of anilines is 1. The molecule has 0 atom stereocenters. The van der Waals surface area contributed by atoms with E-state index < -0.39 is 0 Å². The molecule has 2 aromatic rings. The zero-order valence-corrected chi connectivity index (χ0v) is 13.1. The van der Waals surface area contributed by atoms with E-state index in [1.807, 2.05) is 0 Å². The zero-order chi connectivity index (χ0) is 14.3. The van der Waals surface area contributed by atoms with Crippen molar-refractivity contribution >= 4 is 28.4 Å². The summed E-state index contributed by atoms with van der Waals surface area (Å²) in [6, 6.07) is 5.05. The Morgan fingerprint density at radius 3 is 2.75 bits per heavy atom. The Labute approximate surface area is 130 Å². The molecule has 3 rings (SSSR count). The number of ether oxygens (including phenoxy) is 1. The molecule has 0 aliphatic heterocycles. The predicted octanol–water partition coefficient (Wildman–Crippen LogP) is 2.92. The highest BCUT2D eigenvalue weighted by Crippen LogP contribution is 2.42. The molecule has 1 heterocycles. The molecule has 0 unspecified atom stereocenters. The predicted molar refractivity (Wildman–Crippen MR) is 84.8 cm³/mol. The molecule has 6 heteroatoms. The van der Waals surface area contributed by atoms with Gasteiger partial charge in [-0.15, -0.1) is 0 Å². The molecule has 0 bridgehead atoms. The number of methoxy groups -OCH3 is 1. The van der Waals surface area contributed by atoms with Crippen LogP contribution in [0.5, 0.6) is 11.5 Å². The van der Waals surface area contributed by atoms with Crippen LogP contribution < -0.4 is 10.5 Å². The van der Waals surface area contributed by atoms with E-state index in [-0.39, 0.29) is 5.75 Å². The van der Waals surface area contributed by atoms with Gasteiger partial charge in [-0.05, 0) is 53.6 Å². The van der Waals surface area contributed by atoms with Crippen LogP contribution in [0.1, 0.15) is 24.5 Å². The Bertz CT molecular complexity index is 672. The van der Waals surface area contributed by atoms with Crippen LogP contribution in [0.25, 0.3) is 11.4 Å². The number of nitrogens with zero attached hydrogens (tertiary/aromatic N) is 2. The molecule has 20 heavy (non-hydrogen) atoms. The van der Waals surface area contributed by atoms with E-state index in [1.54, 1.807) is 18.2 Å². The van der Waals surface area contributed by atoms with Crippen LogP contribution in [0.4, 0.5) is 5.82 Å². The monoisotopic (exact) mass is 383 g/mol. The average molecular weight is 383 g/mol. The maximum Gasteiger partial charge on any atom is 0.161 e. The number of nitrogens with two attached hydrogens (primary N) is 1. The lowest BCUT2D eigenvalue weighted by molar-refractivity contribution is 0.373. The third kappa shape index (κ3) is 2.39. The lowest BCUT2D eigenvalue weighted by atomic mass is 10.1. The molecule has 1 fully saturated rings. The highest BCUT2D eigenvalue weighted by atomic mass is 127. The second kappa shape index (κ2) is 5.08. The van der Waals surface area contributed by atoms with Gasteiger partial charge in [0.2, 0.25) is 0 Å². The number of phenolic OH excluding ortho intramolecular Hbond substituents is 1. The SMILES string of the molecule is COc1cc(-c2nc(N)c(I)c(C3CC3)n2)ccc1O. The molecular formula is C14H14IN3O2. The number of aromatic nitrogens is 2. The molecule has 0 spiro atoms. The van der Waals surface area contributed by atoms with Crippen molar-refractivity contribution in [1.82, 2.24) is 9.97 Å². The zero-order valence-electron chi connectivity index (χ0n) is 10.9. The highest BCUT2D eigenvalue weighted by Gasteiger charge is 2.29. The Balaban J connectivity index is 2.10. The lowest BCUT2D eigenvalue weighted by Gasteiger charge is -2.10. The molecule has 3 N–H and O–H groups in total. The van der Waals surface area contributed by atoms with Gasteiger partial charge in [0.1, 0.15) is 5.82 Å². The van der Waals surface area contributed by atoms with Gasteiger partial charge in [-0.1, -0.05) is 0 Å². The van der Waals surface area contributed by atoms with Crippen LogP contribution >= 0.6 is 22.6 Å². The standard InChI is InChI=1S/C14H14IN3O2/c1-20-10-6-8(4-5-9(10)19)14-17-12(7-2-3-7)11(15)13(16)18-14/h4-7,19H,2-3H2,1H3,(H2,16,17,18). The molecule has 0 saturated heterocycles. The molecular weight excluding hydrogens is 369 g/mol. The smallest absolute Gasteiger partial charge is 0.161 e. The first-order chi connectivity index (χ1) is 9.60. The minimum atomic E-state index is 0.0946. The topological polar surface area (TPSA) is 81.3 Å². The maximum absolute atomic E-state index is 9.64. The molecule has 1 aliphatic carbocycles. The Morgan fingerprint density at radius 1 is 1.35 bits per heavy atom. The highest BCUT2D eigenvalue weighted by molar-refractivity contribution is 14.1. The van der Waals surface area contributed by atoms with Crippen molar-refractivity contribution in [1.29, 1.82) is 0 Å².